The summed E-state index contributed by atoms with van der Waals surface area (Å²) < 4.78 is 0. The molecule has 0 radical (unpaired) electrons. The third kappa shape index (κ3) is 3.18. The molecular formula is C18H26N2. The average Bonchev–Trinajstić information content (AvgIpc) is 2.43. The van der Waals surface area contributed by atoms with Gasteiger partial charge in [0.15, 0.2) is 0 Å². The predicted molar refractivity (Wildman–Crippen MR) is 86.8 cm³/mol. The molecule has 2 heteroatoms. The second kappa shape index (κ2) is 5.92. The van der Waals surface area contributed by atoms with Crippen molar-refractivity contribution in [2.45, 2.75) is 40.2 Å². The molecule has 1 aromatic carbocycles. The molecule has 2 nitrogen and oxygen atoms in total. The number of benzene rings is 1. The molecule has 108 valence electrons. The Hall–Kier alpha value is -1.41. The smallest absolute Gasteiger partial charge is 0.0349 e. The lowest BCUT2D eigenvalue weighted by molar-refractivity contribution is 0.226. The second-order valence-electron chi connectivity index (χ2n) is 6.79. The van der Waals surface area contributed by atoms with Gasteiger partial charge in [0.1, 0.15) is 0 Å². The summed E-state index contributed by atoms with van der Waals surface area (Å²) in [6, 6.07) is 8.97. The highest BCUT2D eigenvalue weighted by molar-refractivity contribution is 5.85. The number of rotatable bonds is 4. The Balaban J connectivity index is 2.35. The minimum absolute atomic E-state index is 0.331. The molecule has 0 saturated carbocycles. The minimum atomic E-state index is 0.331. The molecule has 0 bridgehead atoms. The van der Waals surface area contributed by atoms with E-state index < -0.39 is 0 Å². The van der Waals surface area contributed by atoms with E-state index in [9.17, 15) is 0 Å². The van der Waals surface area contributed by atoms with Gasteiger partial charge >= 0.3 is 0 Å². The number of nitrogens with one attached hydrogen (secondary N) is 1. The molecule has 2 unspecified atom stereocenters. The molecule has 0 saturated heterocycles. The van der Waals surface area contributed by atoms with Gasteiger partial charge in [0, 0.05) is 23.8 Å². The molecule has 0 fully saturated rings. The molecule has 2 aromatic rings. The van der Waals surface area contributed by atoms with E-state index in [2.05, 4.69) is 69.3 Å². The first-order chi connectivity index (χ1) is 9.43. The van der Waals surface area contributed by atoms with Gasteiger partial charge in [-0.05, 0) is 41.8 Å². The molecule has 1 heterocycles. The molecule has 2 atom stereocenters. The zero-order valence-electron chi connectivity index (χ0n) is 13.3. The van der Waals surface area contributed by atoms with Crippen LogP contribution >= 0.6 is 0 Å². The molecule has 2 rings (SSSR count). The predicted octanol–water partition coefficient (Wildman–Crippen LogP) is 4.57. The van der Waals surface area contributed by atoms with Crippen molar-refractivity contribution in [3.63, 3.8) is 0 Å². The van der Waals surface area contributed by atoms with Crippen LogP contribution in [0.25, 0.3) is 10.8 Å². The van der Waals surface area contributed by atoms with E-state index in [0.717, 1.165) is 6.42 Å². The van der Waals surface area contributed by atoms with Crippen LogP contribution in [0.2, 0.25) is 0 Å². The van der Waals surface area contributed by atoms with Gasteiger partial charge in [0.2, 0.25) is 0 Å². The van der Waals surface area contributed by atoms with Crippen molar-refractivity contribution in [1.29, 1.82) is 0 Å². The summed E-state index contributed by atoms with van der Waals surface area (Å²) in [5.74, 6) is 0.645. The van der Waals surface area contributed by atoms with Gasteiger partial charge in [-0.2, -0.15) is 0 Å². The van der Waals surface area contributed by atoms with Crippen LogP contribution in [0.1, 0.15) is 45.7 Å². The van der Waals surface area contributed by atoms with Crippen LogP contribution in [-0.2, 0) is 0 Å². The maximum atomic E-state index is 4.29. The molecule has 0 aliphatic carbocycles. The number of nitrogens with zero attached hydrogens (tertiary/aromatic N) is 1. The number of pyridine rings is 1. The fraction of sp³-hybridized carbons (Fsp3) is 0.500. The van der Waals surface area contributed by atoms with Crippen LogP contribution < -0.4 is 5.32 Å². The highest BCUT2D eigenvalue weighted by Gasteiger charge is 2.24. The molecule has 1 N–H and O–H groups in total. The van der Waals surface area contributed by atoms with E-state index in [1.54, 1.807) is 0 Å². The molecular weight excluding hydrogens is 244 g/mol. The first kappa shape index (κ1) is 15.0. The van der Waals surface area contributed by atoms with Crippen molar-refractivity contribution in [2.24, 2.45) is 11.3 Å². The molecule has 0 aliphatic rings. The Morgan fingerprint density at radius 3 is 2.60 bits per heavy atom. The van der Waals surface area contributed by atoms with Gasteiger partial charge < -0.3 is 5.32 Å². The largest absolute Gasteiger partial charge is 0.313 e. The van der Waals surface area contributed by atoms with E-state index >= 15 is 0 Å². The molecule has 20 heavy (non-hydrogen) atoms. The number of aromatic nitrogens is 1. The summed E-state index contributed by atoms with van der Waals surface area (Å²) in [6.07, 6.45) is 4.98. The van der Waals surface area contributed by atoms with Crippen LogP contribution in [0.5, 0.6) is 0 Å². The third-order valence-corrected chi connectivity index (χ3v) is 4.51. The monoisotopic (exact) mass is 270 g/mol. The van der Waals surface area contributed by atoms with E-state index in [-0.39, 0.29) is 0 Å². The van der Waals surface area contributed by atoms with E-state index in [4.69, 9.17) is 0 Å². The Labute approximate surface area is 122 Å². The Morgan fingerprint density at radius 1 is 1.20 bits per heavy atom. The summed E-state index contributed by atoms with van der Waals surface area (Å²) >= 11 is 0. The highest BCUT2D eigenvalue weighted by atomic mass is 14.9. The van der Waals surface area contributed by atoms with E-state index in [1.807, 2.05) is 12.4 Å². The second-order valence-corrected chi connectivity index (χ2v) is 6.79. The van der Waals surface area contributed by atoms with E-state index in [0.29, 0.717) is 17.4 Å². The summed E-state index contributed by atoms with van der Waals surface area (Å²) in [5.41, 5.74) is 1.69. The Bertz CT molecular complexity index is 564. The fourth-order valence-corrected chi connectivity index (χ4v) is 2.55. The summed E-state index contributed by atoms with van der Waals surface area (Å²) in [7, 11) is 2.05. The van der Waals surface area contributed by atoms with Crippen molar-refractivity contribution in [2.75, 3.05) is 7.05 Å². The SMILES string of the molecule is CNC(CC(C)C(C)(C)C)c1cccc2ccncc12. The fourth-order valence-electron chi connectivity index (χ4n) is 2.55. The zero-order valence-corrected chi connectivity index (χ0v) is 13.3. The zero-order chi connectivity index (χ0) is 14.8. The first-order valence-corrected chi connectivity index (χ1v) is 7.43. The normalized spacial score (nSPS) is 15.2. The van der Waals surface area contributed by atoms with Crippen LogP contribution in [0.15, 0.2) is 36.7 Å². The summed E-state index contributed by atoms with van der Waals surface area (Å²) in [4.78, 5) is 4.29. The molecule has 1 aromatic heterocycles. The van der Waals surface area contributed by atoms with Gasteiger partial charge in [-0.1, -0.05) is 45.9 Å². The Kier molecular flexibility index (Phi) is 4.44. The van der Waals surface area contributed by atoms with Gasteiger partial charge in [0.25, 0.3) is 0 Å². The highest BCUT2D eigenvalue weighted by Crippen LogP contribution is 2.35. The molecule has 0 amide bonds. The average molecular weight is 270 g/mol. The number of hydrogen-bond acceptors (Lipinski definition) is 2. The van der Waals surface area contributed by atoms with Gasteiger partial charge in [0.05, 0.1) is 0 Å². The lowest BCUT2D eigenvalue weighted by Crippen LogP contribution is -2.25. The number of hydrogen-bond donors (Lipinski definition) is 1. The quantitative estimate of drug-likeness (QED) is 0.880. The van der Waals surface area contributed by atoms with Crippen molar-refractivity contribution in [1.82, 2.24) is 10.3 Å². The molecule has 0 spiro atoms. The first-order valence-electron chi connectivity index (χ1n) is 7.43. The maximum absolute atomic E-state index is 4.29. The number of fused-ring (bicyclic) bond motifs is 1. The summed E-state index contributed by atoms with van der Waals surface area (Å²) in [6.45, 7) is 9.28. The van der Waals surface area contributed by atoms with Crippen molar-refractivity contribution in [3.05, 3.63) is 42.2 Å². The van der Waals surface area contributed by atoms with Crippen LogP contribution in [0.3, 0.4) is 0 Å². The van der Waals surface area contributed by atoms with Gasteiger partial charge in [-0.25, -0.2) is 0 Å². The summed E-state index contributed by atoms with van der Waals surface area (Å²) in [5, 5.41) is 6.01. The van der Waals surface area contributed by atoms with Crippen molar-refractivity contribution >= 4 is 10.8 Å². The van der Waals surface area contributed by atoms with Crippen molar-refractivity contribution in [3.8, 4) is 0 Å². The van der Waals surface area contributed by atoms with E-state index in [1.165, 1.54) is 16.3 Å². The minimum Gasteiger partial charge on any atom is -0.313 e. The van der Waals surface area contributed by atoms with Crippen molar-refractivity contribution < 1.29 is 0 Å². The molecule has 0 aliphatic heterocycles. The van der Waals surface area contributed by atoms with Gasteiger partial charge in [-0.3, -0.25) is 4.98 Å². The van der Waals surface area contributed by atoms with Crippen LogP contribution in [0.4, 0.5) is 0 Å². The Morgan fingerprint density at radius 2 is 1.95 bits per heavy atom. The topological polar surface area (TPSA) is 24.9 Å². The maximum Gasteiger partial charge on any atom is 0.0349 e. The lowest BCUT2D eigenvalue weighted by atomic mass is 9.77. The van der Waals surface area contributed by atoms with Crippen LogP contribution in [-0.4, -0.2) is 12.0 Å². The third-order valence-electron chi connectivity index (χ3n) is 4.51. The van der Waals surface area contributed by atoms with Gasteiger partial charge in [-0.15, -0.1) is 0 Å². The lowest BCUT2D eigenvalue weighted by Gasteiger charge is -2.31. The van der Waals surface area contributed by atoms with Crippen LogP contribution in [0, 0.1) is 11.3 Å². The standard InChI is InChI=1S/C18H26N2/c1-13(18(2,3)4)11-17(19-5)15-8-6-7-14-9-10-20-12-16(14)15/h6-10,12-13,17,19H,11H2,1-5H3.